The smallest absolute Gasteiger partial charge is 0.349 e. The molecule has 2 aromatic heterocycles. The van der Waals surface area contributed by atoms with Crippen molar-refractivity contribution in [3.8, 4) is 0 Å². The second-order valence-electron chi connectivity index (χ2n) is 7.72. The Labute approximate surface area is 194 Å². The van der Waals surface area contributed by atoms with Crippen LogP contribution in [0.5, 0.6) is 0 Å². The predicted molar refractivity (Wildman–Crippen MR) is 124 cm³/mol. The monoisotopic (exact) mass is 469 g/mol. The molecule has 1 unspecified atom stereocenters. The molecule has 0 bridgehead atoms. The van der Waals surface area contributed by atoms with Crippen LogP contribution in [-0.2, 0) is 0 Å². The molecule has 0 radical (unpaired) electrons. The fraction of sp³-hybridized carbons (Fsp3) is 0.524. The highest BCUT2D eigenvalue weighted by atomic mass is 35.5. The van der Waals surface area contributed by atoms with Crippen molar-refractivity contribution in [3.05, 3.63) is 51.8 Å². The van der Waals surface area contributed by atoms with Crippen molar-refractivity contribution in [1.82, 2.24) is 20.2 Å². The Morgan fingerprint density at radius 1 is 1.13 bits per heavy atom. The van der Waals surface area contributed by atoms with Crippen molar-refractivity contribution < 1.29 is 9.21 Å². The Balaban J connectivity index is 0.00000171. The van der Waals surface area contributed by atoms with Crippen LogP contribution < -0.4 is 15.8 Å². The first-order chi connectivity index (χ1) is 14.1. The van der Waals surface area contributed by atoms with Crippen LogP contribution in [0.25, 0.3) is 0 Å². The van der Waals surface area contributed by atoms with Gasteiger partial charge in [-0.25, -0.2) is 14.8 Å². The van der Waals surface area contributed by atoms with E-state index in [1.165, 1.54) is 0 Å². The molecule has 31 heavy (non-hydrogen) atoms. The molecule has 10 heteroatoms. The molecule has 1 N–H and O–H groups in total. The Hall–Kier alpha value is -2.16. The summed E-state index contributed by atoms with van der Waals surface area (Å²) >= 11 is 0. The number of nitrogens with one attached hydrogen (secondary N) is 1. The lowest BCUT2D eigenvalue weighted by atomic mass is 9.95. The number of hydrogen-bond donors (Lipinski definition) is 1. The Morgan fingerprint density at radius 2 is 1.90 bits per heavy atom. The molecule has 2 aliphatic heterocycles. The second-order valence-corrected chi connectivity index (χ2v) is 7.72. The molecule has 4 heterocycles. The normalized spacial score (nSPS) is 19.1. The minimum atomic E-state index is -0.525. The maximum Gasteiger partial charge on any atom is 0.349 e. The van der Waals surface area contributed by atoms with Gasteiger partial charge < -0.3 is 19.5 Å². The summed E-state index contributed by atoms with van der Waals surface area (Å²) in [5.41, 5.74) is 0.323. The number of aryl methyl sites for hydroxylation is 1. The number of anilines is 1. The molecule has 2 aliphatic rings. The van der Waals surface area contributed by atoms with Crippen molar-refractivity contribution in [2.24, 2.45) is 0 Å². The SMILES string of the molecule is Cc1cc(C2CCCNC2)oc(=O)c1C(=O)N1CCCN(c2ncccn2)CC1.Cl.Cl. The van der Waals surface area contributed by atoms with Crippen molar-refractivity contribution in [1.29, 1.82) is 0 Å². The molecule has 0 spiro atoms. The molecular weight excluding hydrogens is 441 g/mol. The summed E-state index contributed by atoms with van der Waals surface area (Å²) < 4.78 is 5.59. The van der Waals surface area contributed by atoms with Crippen molar-refractivity contribution in [2.45, 2.75) is 32.1 Å². The van der Waals surface area contributed by atoms with E-state index < -0.39 is 5.63 Å². The Morgan fingerprint density at radius 3 is 2.58 bits per heavy atom. The van der Waals surface area contributed by atoms with Gasteiger partial charge in [-0.2, -0.15) is 0 Å². The van der Waals surface area contributed by atoms with Gasteiger partial charge in [-0.3, -0.25) is 4.79 Å². The maximum absolute atomic E-state index is 13.1. The zero-order valence-corrected chi connectivity index (χ0v) is 19.2. The highest BCUT2D eigenvalue weighted by Gasteiger charge is 2.27. The molecule has 2 aromatic rings. The summed E-state index contributed by atoms with van der Waals surface area (Å²) in [5.74, 6) is 1.29. The fourth-order valence-corrected chi connectivity index (χ4v) is 4.12. The number of aromatic nitrogens is 2. The van der Waals surface area contributed by atoms with Gasteiger partial charge in [0, 0.05) is 51.0 Å². The molecule has 0 aromatic carbocycles. The molecule has 8 nitrogen and oxygen atoms in total. The van der Waals surface area contributed by atoms with Crippen LogP contribution in [0.2, 0.25) is 0 Å². The zero-order valence-electron chi connectivity index (χ0n) is 17.6. The lowest BCUT2D eigenvalue weighted by Gasteiger charge is -2.24. The summed E-state index contributed by atoms with van der Waals surface area (Å²) in [6.07, 6.45) is 6.28. The quantitative estimate of drug-likeness (QED) is 0.737. The standard InChI is InChI=1S/C21H27N5O3.2ClH/c1-15-13-17(16-5-2-6-22-14-16)29-20(28)18(15)19(27)25-9-4-10-26(12-11-25)21-23-7-3-8-24-21;;/h3,7-8,13,16,22H,2,4-6,9-12,14H2,1H3;2*1H. The Bertz CT molecular complexity index is 919. The van der Waals surface area contributed by atoms with Gasteiger partial charge in [-0.1, -0.05) is 0 Å². The van der Waals surface area contributed by atoms with Crippen molar-refractivity contribution in [3.63, 3.8) is 0 Å². The lowest BCUT2D eigenvalue weighted by molar-refractivity contribution is 0.0761. The van der Waals surface area contributed by atoms with E-state index in [2.05, 4.69) is 20.2 Å². The number of nitrogens with zero attached hydrogens (tertiary/aromatic N) is 4. The molecule has 4 rings (SSSR count). The summed E-state index contributed by atoms with van der Waals surface area (Å²) in [5, 5.41) is 3.33. The van der Waals surface area contributed by atoms with E-state index in [-0.39, 0.29) is 42.2 Å². The van der Waals surface area contributed by atoms with E-state index in [1.54, 1.807) is 23.4 Å². The third kappa shape index (κ3) is 5.75. The number of halogens is 2. The van der Waals surface area contributed by atoms with E-state index in [4.69, 9.17) is 4.42 Å². The number of carbonyl (C=O) groups is 1. The molecule has 170 valence electrons. The minimum absolute atomic E-state index is 0. The lowest BCUT2D eigenvalue weighted by Crippen LogP contribution is -2.38. The van der Waals surface area contributed by atoms with Gasteiger partial charge in [0.25, 0.3) is 5.91 Å². The van der Waals surface area contributed by atoms with E-state index in [9.17, 15) is 9.59 Å². The van der Waals surface area contributed by atoms with Crippen LogP contribution in [0.1, 0.15) is 46.9 Å². The van der Waals surface area contributed by atoms with Gasteiger partial charge in [-0.15, -0.1) is 24.8 Å². The summed E-state index contributed by atoms with van der Waals surface area (Å²) in [6.45, 7) is 6.14. The van der Waals surface area contributed by atoms with E-state index in [1.807, 2.05) is 13.0 Å². The van der Waals surface area contributed by atoms with Crippen LogP contribution in [0.4, 0.5) is 5.95 Å². The van der Waals surface area contributed by atoms with Crippen molar-refractivity contribution in [2.75, 3.05) is 44.2 Å². The molecule has 1 atom stereocenters. The van der Waals surface area contributed by atoms with Gasteiger partial charge >= 0.3 is 5.63 Å². The van der Waals surface area contributed by atoms with Gasteiger partial charge in [0.05, 0.1) is 0 Å². The first-order valence-corrected chi connectivity index (χ1v) is 10.3. The van der Waals surface area contributed by atoms with Gasteiger partial charge in [0.1, 0.15) is 11.3 Å². The molecular formula is C21H29Cl2N5O3. The van der Waals surface area contributed by atoms with Crippen LogP contribution in [0, 0.1) is 6.92 Å². The third-order valence-electron chi connectivity index (χ3n) is 5.70. The number of carbonyl (C=O) groups excluding carboxylic acids is 1. The summed E-state index contributed by atoms with van der Waals surface area (Å²) in [7, 11) is 0. The van der Waals surface area contributed by atoms with E-state index >= 15 is 0 Å². The fourth-order valence-electron chi connectivity index (χ4n) is 4.12. The zero-order chi connectivity index (χ0) is 20.2. The molecule has 1 amide bonds. The van der Waals surface area contributed by atoms with E-state index in [0.29, 0.717) is 36.9 Å². The largest absolute Gasteiger partial charge is 0.427 e. The van der Waals surface area contributed by atoms with Crippen LogP contribution >= 0.6 is 24.8 Å². The first-order valence-electron chi connectivity index (χ1n) is 10.3. The average Bonchev–Trinajstić information content (AvgIpc) is 3.01. The van der Waals surface area contributed by atoms with Gasteiger partial charge in [-0.05, 0) is 50.4 Å². The molecule has 2 fully saturated rings. The number of piperidine rings is 1. The second kappa shape index (κ2) is 11.5. The topological polar surface area (TPSA) is 91.6 Å². The molecule has 2 saturated heterocycles. The highest BCUT2D eigenvalue weighted by molar-refractivity contribution is 5.95. The summed E-state index contributed by atoms with van der Waals surface area (Å²) in [6, 6.07) is 3.65. The van der Waals surface area contributed by atoms with E-state index in [0.717, 1.165) is 38.9 Å². The van der Waals surface area contributed by atoms with Crippen molar-refractivity contribution >= 4 is 36.7 Å². The van der Waals surface area contributed by atoms with Crippen LogP contribution in [-0.4, -0.2) is 60.0 Å². The third-order valence-corrected chi connectivity index (χ3v) is 5.70. The first kappa shape index (κ1) is 25.1. The number of rotatable bonds is 3. The van der Waals surface area contributed by atoms with Gasteiger partial charge in [0.2, 0.25) is 5.95 Å². The Kier molecular flexibility index (Phi) is 9.28. The average molecular weight is 470 g/mol. The van der Waals surface area contributed by atoms with Crippen LogP contribution in [0.15, 0.2) is 33.7 Å². The number of hydrogen-bond acceptors (Lipinski definition) is 7. The number of amides is 1. The van der Waals surface area contributed by atoms with Crippen LogP contribution in [0.3, 0.4) is 0 Å². The predicted octanol–water partition coefficient (Wildman–Crippen LogP) is 2.40. The minimum Gasteiger partial charge on any atom is -0.427 e. The molecule has 0 saturated carbocycles. The molecule has 0 aliphatic carbocycles. The van der Waals surface area contributed by atoms with Gasteiger partial charge in [0.15, 0.2) is 0 Å². The summed E-state index contributed by atoms with van der Waals surface area (Å²) in [4.78, 5) is 38.2. The maximum atomic E-state index is 13.1. The highest BCUT2D eigenvalue weighted by Crippen LogP contribution is 2.24.